The third kappa shape index (κ3) is 2.87. The molecule has 5 nitrogen and oxygen atoms in total. The molecule has 0 saturated carbocycles. The highest BCUT2D eigenvalue weighted by Crippen LogP contribution is 2.25. The number of carbonyl (C=O) groups is 1. The van der Waals surface area contributed by atoms with E-state index < -0.39 is 0 Å². The molecule has 0 unspecified atom stereocenters. The maximum Gasteiger partial charge on any atom is 0.341 e. The van der Waals surface area contributed by atoms with Gasteiger partial charge in [-0.3, -0.25) is 0 Å². The van der Waals surface area contributed by atoms with E-state index in [1.165, 1.54) is 13.4 Å². The fraction of sp³-hybridized carbons (Fsp3) is 0.583. The van der Waals surface area contributed by atoms with Gasteiger partial charge in [-0.1, -0.05) is 6.92 Å². The van der Waals surface area contributed by atoms with Gasteiger partial charge in [0, 0.05) is 12.0 Å². The van der Waals surface area contributed by atoms with Crippen molar-refractivity contribution < 1.29 is 18.7 Å². The lowest BCUT2D eigenvalue weighted by molar-refractivity contribution is -0.0992. The van der Waals surface area contributed by atoms with E-state index in [0.717, 1.165) is 25.5 Å². The summed E-state index contributed by atoms with van der Waals surface area (Å²) in [6.45, 7) is 5.25. The second-order valence-electron chi connectivity index (χ2n) is 4.70. The zero-order chi connectivity index (χ0) is 12.3. The van der Waals surface area contributed by atoms with Crippen molar-refractivity contribution in [3.8, 4) is 0 Å². The molecular weight excluding hydrogens is 222 g/mol. The molecule has 2 heterocycles. The molecule has 1 aromatic rings. The summed E-state index contributed by atoms with van der Waals surface area (Å²) < 4.78 is 15.0. The van der Waals surface area contributed by atoms with Crippen LogP contribution in [-0.4, -0.2) is 32.8 Å². The van der Waals surface area contributed by atoms with Gasteiger partial charge in [0.15, 0.2) is 0 Å². The second kappa shape index (κ2) is 4.89. The van der Waals surface area contributed by atoms with Crippen molar-refractivity contribution in [1.82, 2.24) is 5.32 Å². The number of ether oxygens (including phenoxy) is 2. The quantitative estimate of drug-likeness (QED) is 0.782. The van der Waals surface area contributed by atoms with Crippen LogP contribution < -0.4 is 5.32 Å². The molecule has 1 aliphatic heterocycles. The van der Waals surface area contributed by atoms with E-state index in [4.69, 9.17) is 9.15 Å². The number of hydrogen-bond donors (Lipinski definition) is 1. The summed E-state index contributed by atoms with van der Waals surface area (Å²) >= 11 is 0. The van der Waals surface area contributed by atoms with Crippen LogP contribution >= 0.6 is 0 Å². The van der Waals surface area contributed by atoms with Gasteiger partial charge in [0.2, 0.25) is 0 Å². The largest absolute Gasteiger partial charge is 0.467 e. The molecule has 5 heteroatoms. The SMILES string of the molecule is COC(=O)c1coc(CNCC2(C)COC2)c1. The van der Waals surface area contributed by atoms with Gasteiger partial charge in [0.05, 0.1) is 32.4 Å². The molecule has 1 N–H and O–H groups in total. The summed E-state index contributed by atoms with van der Waals surface area (Å²) in [4.78, 5) is 11.2. The summed E-state index contributed by atoms with van der Waals surface area (Å²) in [5.74, 6) is 0.355. The molecule has 0 atom stereocenters. The Balaban J connectivity index is 1.79. The third-order valence-corrected chi connectivity index (χ3v) is 2.83. The molecule has 0 aliphatic carbocycles. The minimum atomic E-state index is -0.376. The van der Waals surface area contributed by atoms with Crippen LogP contribution in [0.25, 0.3) is 0 Å². The molecule has 0 bridgehead atoms. The highest BCUT2D eigenvalue weighted by Gasteiger charge is 2.32. The first-order valence-electron chi connectivity index (χ1n) is 5.57. The zero-order valence-corrected chi connectivity index (χ0v) is 10.1. The third-order valence-electron chi connectivity index (χ3n) is 2.83. The minimum absolute atomic E-state index is 0.234. The van der Waals surface area contributed by atoms with Gasteiger partial charge < -0.3 is 19.2 Å². The zero-order valence-electron chi connectivity index (χ0n) is 10.1. The van der Waals surface area contributed by atoms with Crippen molar-refractivity contribution in [1.29, 1.82) is 0 Å². The standard InChI is InChI=1S/C12H17NO4/c1-12(7-16-8-12)6-13-4-10-3-9(5-17-10)11(14)15-2/h3,5,13H,4,6-8H2,1-2H3. The molecule has 0 spiro atoms. The topological polar surface area (TPSA) is 60.7 Å². The Bertz CT molecular complexity index is 395. The van der Waals surface area contributed by atoms with E-state index >= 15 is 0 Å². The Morgan fingerprint density at radius 2 is 2.35 bits per heavy atom. The Labute approximate surface area is 100 Å². The smallest absolute Gasteiger partial charge is 0.341 e. The van der Waals surface area contributed by atoms with Crippen LogP contribution in [0.2, 0.25) is 0 Å². The van der Waals surface area contributed by atoms with Crippen molar-refractivity contribution in [2.45, 2.75) is 13.5 Å². The van der Waals surface area contributed by atoms with Crippen LogP contribution in [0.5, 0.6) is 0 Å². The van der Waals surface area contributed by atoms with Crippen LogP contribution in [0.15, 0.2) is 16.7 Å². The van der Waals surface area contributed by atoms with Gasteiger partial charge in [0.25, 0.3) is 0 Å². The molecule has 0 radical (unpaired) electrons. The molecule has 94 valence electrons. The normalized spacial score (nSPS) is 17.5. The summed E-state index contributed by atoms with van der Waals surface area (Å²) in [7, 11) is 1.35. The van der Waals surface area contributed by atoms with Crippen molar-refractivity contribution in [3.05, 3.63) is 23.7 Å². The fourth-order valence-electron chi connectivity index (χ4n) is 1.74. The fourth-order valence-corrected chi connectivity index (χ4v) is 1.74. The Kier molecular flexibility index (Phi) is 3.49. The predicted octanol–water partition coefficient (Wildman–Crippen LogP) is 1.19. The van der Waals surface area contributed by atoms with Crippen LogP contribution in [0.1, 0.15) is 23.0 Å². The maximum absolute atomic E-state index is 11.2. The summed E-state index contributed by atoms with van der Waals surface area (Å²) in [6, 6.07) is 1.69. The van der Waals surface area contributed by atoms with Crippen LogP contribution in [-0.2, 0) is 16.0 Å². The molecular formula is C12H17NO4. The number of carbonyl (C=O) groups excluding carboxylic acids is 1. The Morgan fingerprint density at radius 3 is 2.94 bits per heavy atom. The molecule has 1 aliphatic rings. The monoisotopic (exact) mass is 239 g/mol. The van der Waals surface area contributed by atoms with Gasteiger partial charge >= 0.3 is 5.97 Å². The Hall–Kier alpha value is -1.33. The van der Waals surface area contributed by atoms with Crippen LogP contribution in [0, 0.1) is 5.41 Å². The van der Waals surface area contributed by atoms with E-state index in [2.05, 4.69) is 17.0 Å². The first-order valence-corrected chi connectivity index (χ1v) is 5.57. The number of rotatable bonds is 5. The molecule has 1 aromatic heterocycles. The molecule has 0 amide bonds. The van der Waals surface area contributed by atoms with Crippen molar-refractivity contribution >= 4 is 5.97 Å². The summed E-state index contributed by atoms with van der Waals surface area (Å²) in [6.07, 6.45) is 1.41. The average Bonchev–Trinajstić information content (AvgIpc) is 2.74. The molecule has 17 heavy (non-hydrogen) atoms. The molecule has 1 saturated heterocycles. The van der Waals surface area contributed by atoms with Gasteiger partial charge in [-0.15, -0.1) is 0 Å². The van der Waals surface area contributed by atoms with Gasteiger partial charge in [-0.05, 0) is 6.07 Å². The van der Waals surface area contributed by atoms with Gasteiger partial charge in [0.1, 0.15) is 12.0 Å². The van der Waals surface area contributed by atoms with Crippen LogP contribution in [0.4, 0.5) is 0 Å². The van der Waals surface area contributed by atoms with E-state index in [1.807, 2.05) is 0 Å². The van der Waals surface area contributed by atoms with Crippen molar-refractivity contribution in [2.75, 3.05) is 26.9 Å². The number of methoxy groups -OCH3 is 1. The first-order chi connectivity index (χ1) is 8.13. The first kappa shape index (κ1) is 12.1. The van der Waals surface area contributed by atoms with Crippen LogP contribution in [0.3, 0.4) is 0 Å². The lowest BCUT2D eigenvalue weighted by atomic mass is 9.89. The maximum atomic E-state index is 11.2. The highest BCUT2D eigenvalue weighted by molar-refractivity contribution is 5.88. The van der Waals surface area contributed by atoms with Crippen molar-refractivity contribution in [3.63, 3.8) is 0 Å². The van der Waals surface area contributed by atoms with Crippen molar-refractivity contribution in [2.24, 2.45) is 5.41 Å². The van der Waals surface area contributed by atoms with Gasteiger partial charge in [-0.25, -0.2) is 4.79 Å². The van der Waals surface area contributed by atoms with E-state index in [9.17, 15) is 4.79 Å². The lowest BCUT2D eigenvalue weighted by Gasteiger charge is -2.38. The summed E-state index contributed by atoms with van der Waals surface area (Å²) in [5, 5.41) is 3.29. The molecule has 2 rings (SSSR count). The van der Waals surface area contributed by atoms with E-state index in [-0.39, 0.29) is 11.4 Å². The predicted molar refractivity (Wildman–Crippen MR) is 60.7 cm³/mol. The summed E-state index contributed by atoms with van der Waals surface area (Å²) in [5.41, 5.74) is 0.681. The van der Waals surface area contributed by atoms with E-state index in [1.54, 1.807) is 6.07 Å². The number of esters is 1. The second-order valence-corrected chi connectivity index (χ2v) is 4.70. The Morgan fingerprint density at radius 1 is 1.59 bits per heavy atom. The number of nitrogens with one attached hydrogen (secondary N) is 1. The molecule has 0 aromatic carbocycles. The number of hydrogen-bond acceptors (Lipinski definition) is 5. The minimum Gasteiger partial charge on any atom is -0.467 e. The van der Waals surface area contributed by atoms with E-state index in [0.29, 0.717) is 12.1 Å². The number of furan rings is 1. The highest BCUT2D eigenvalue weighted by atomic mass is 16.5. The lowest BCUT2D eigenvalue weighted by Crippen LogP contribution is -2.47. The average molecular weight is 239 g/mol. The van der Waals surface area contributed by atoms with Gasteiger partial charge in [-0.2, -0.15) is 0 Å². The molecule has 1 fully saturated rings.